The summed E-state index contributed by atoms with van der Waals surface area (Å²) in [6, 6.07) is 9.49. The Morgan fingerprint density at radius 2 is 2.10 bits per heavy atom. The van der Waals surface area contributed by atoms with Crippen LogP contribution in [0.2, 0.25) is 0 Å². The molecule has 2 aromatic heterocycles. The number of aromatic nitrogens is 3. The summed E-state index contributed by atoms with van der Waals surface area (Å²) in [4.78, 5) is 15.6. The van der Waals surface area contributed by atoms with Gasteiger partial charge in [-0.25, -0.2) is 4.68 Å². The van der Waals surface area contributed by atoms with Gasteiger partial charge in [-0.2, -0.15) is 5.10 Å². The smallest absolute Gasteiger partial charge is 0.307 e. The molecule has 0 unspecified atom stereocenters. The Labute approximate surface area is 115 Å². The van der Waals surface area contributed by atoms with Gasteiger partial charge in [0.1, 0.15) is 0 Å². The van der Waals surface area contributed by atoms with Crippen molar-refractivity contribution in [1.29, 1.82) is 0 Å². The van der Waals surface area contributed by atoms with Gasteiger partial charge in [-0.3, -0.25) is 9.78 Å². The fraction of sp³-hybridized carbons (Fsp3) is 0.133. The number of para-hydroxylation sites is 1. The van der Waals surface area contributed by atoms with E-state index in [1.54, 1.807) is 10.9 Å². The summed E-state index contributed by atoms with van der Waals surface area (Å²) >= 11 is 0. The van der Waals surface area contributed by atoms with Gasteiger partial charge in [-0.05, 0) is 19.1 Å². The van der Waals surface area contributed by atoms with E-state index in [0.29, 0.717) is 5.56 Å². The number of hydrogen-bond donors (Lipinski definition) is 1. The standard InChI is InChI=1S/C15H13N3O2/c1-10-12(9-14(19)20)15(18-8-4-7-16-18)11-5-2-3-6-13(11)17-10/h2-8H,9H2,1H3,(H,19,20). The zero-order chi connectivity index (χ0) is 14.1. The van der Waals surface area contributed by atoms with Crippen molar-refractivity contribution >= 4 is 16.9 Å². The number of nitrogens with zero attached hydrogens (tertiary/aromatic N) is 3. The maximum atomic E-state index is 11.1. The number of pyridine rings is 1. The minimum absolute atomic E-state index is 0.0706. The summed E-state index contributed by atoms with van der Waals surface area (Å²) in [5, 5.41) is 14.3. The van der Waals surface area contributed by atoms with E-state index in [4.69, 9.17) is 5.11 Å². The van der Waals surface area contributed by atoms with Gasteiger partial charge in [0.05, 0.1) is 17.6 Å². The van der Waals surface area contributed by atoms with Gasteiger partial charge < -0.3 is 5.11 Å². The second-order valence-electron chi connectivity index (χ2n) is 4.56. The van der Waals surface area contributed by atoms with Crippen molar-refractivity contribution in [2.24, 2.45) is 0 Å². The Morgan fingerprint density at radius 3 is 2.80 bits per heavy atom. The lowest BCUT2D eigenvalue weighted by molar-refractivity contribution is -0.136. The third-order valence-electron chi connectivity index (χ3n) is 3.23. The molecular formula is C15H13N3O2. The Hall–Kier alpha value is -2.69. The second kappa shape index (κ2) is 4.77. The quantitative estimate of drug-likeness (QED) is 0.791. The summed E-state index contributed by atoms with van der Waals surface area (Å²) in [7, 11) is 0. The molecule has 3 rings (SSSR count). The lowest BCUT2D eigenvalue weighted by Crippen LogP contribution is -2.10. The lowest BCUT2D eigenvalue weighted by Gasteiger charge is -2.14. The molecule has 5 heteroatoms. The third-order valence-corrected chi connectivity index (χ3v) is 3.23. The van der Waals surface area contributed by atoms with Crippen molar-refractivity contribution < 1.29 is 9.90 Å². The SMILES string of the molecule is Cc1nc2ccccc2c(-n2cccn2)c1CC(=O)O. The molecule has 5 nitrogen and oxygen atoms in total. The average molecular weight is 267 g/mol. The molecule has 0 bridgehead atoms. The van der Waals surface area contributed by atoms with Crippen LogP contribution in [-0.4, -0.2) is 25.8 Å². The average Bonchev–Trinajstić information content (AvgIpc) is 2.92. The predicted octanol–water partition coefficient (Wildman–Crippen LogP) is 2.36. The molecule has 100 valence electrons. The van der Waals surface area contributed by atoms with Crippen LogP contribution in [0.1, 0.15) is 11.3 Å². The van der Waals surface area contributed by atoms with E-state index in [-0.39, 0.29) is 6.42 Å². The number of hydrogen-bond acceptors (Lipinski definition) is 3. The topological polar surface area (TPSA) is 68.0 Å². The zero-order valence-electron chi connectivity index (χ0n) is 10.9. The highest BCUT2D eigenvalue weighted by molar-refractivity contribution is 5.90. The van der Waals surface area contributed by atoms with Crippen LogP contribution in [0, 0.1) is 6.92 Å². The molecule has 0 atom stereocenters. The van der Waals surface area contributed by atoms with Crippen LogP contribution in [0.4, 0.5) is 0 Å². The van der Waals surface area contributed by atoms with E-state index >= 15 is 0 Å². The number of carbonyl (C=O) groups is 1. The summed E-state index contributed by atoms with van der Waals surface area (Å²) in [5.74, 6) is -0.876. The molecule has 0 aliphatic rings. The number of aliphatic carboxylic acids is 1. The van der Waals surface area contributed by atoms with Crippen LogP contribution in [-0.2, 0) is 11.2 Å². The van der Waals surface area contributed by atoms with Crippen molar-refractivity contribution in [3.8, 4) is 5.69 Å². The van der Waals surface area contributed by atoms with E-state index in [2.05, 4.69) is 10.1 Å². The van der Waals surface area contributed by atoms with Crippen LogP contribution in [0.3, 0.4) is 0 Å². The van der Waals surface area contributed by atoms with Crippen molar-refractivity contribution in [2.45, 2.75) is 13.3 Å². The molecule has 0 aliphatic heterocycles. The molecule has 3 aromatic rings. The molecule has 0 spiro atoms. The molecule has 0 radical (unpaired) electrons. The van der Waals surface area contributed by atoms with Gasteiger partial charge in [0.15, 0.2) is 0 Å². The molecule has 1 N–H and O–H groups in total. The Balaban J connectivity index is 2.38. The molecule has 0 fully saturated rings. The predicted molar refractivity (Wildman–Crippen MR) is 74.9 cm³/mol. The molecule has 20 heavy (non-hydrogen) atoms. The van der Waals surface area contributed by atoms with Crippen LogP contribution in [0.25, 0.3) is 16.6 Å². The Kier molecular flexibility index (Phi) is 2.95. The first-order valence-corrected chi connectivity index (χ1v) is 6.27. The summed E-state index contributed by atoms with van der Waals surface area (Å²) < 4.78 is 1.70. The third kappa shape index (κ3) is 2.03. The van der Waals surface area contributed by atoms with Crippen molar-refractivity contribution in [3.05, 3.63) is 54.0 Å². The largest absolute Gasteiger partial charge is 0.481 e. The molecule has 1 aromatic carbocycles. The number of carboxylic acids is 1. The van der Waals surface area contributed by atoms with Crippen LogP contribution >= 0.6 is 0 Å². The minimum atomic E-state index is -0.876. The lowest BCUT2D eigenvalue weighted by atomic mass is 10.0. The van der Waals surface area contributed by atoms with E-state index in [1.165, 1.54) is 0 Å². The molecular weight excluding hydrogens is 254 g/mol. The first-order valence-electron chi connectivity index (χ1n) is 6.27. The van der Waals surface area contributed by atoms with Crippen LogP contribution in [0.15, 0.2) is 42.7 Å². The maximum Gasteiger partial charge on any atom is 0.307 e. The van der Waals surface area contributed by atoms with Gasteiger partial charge in [0, 0.05) is 29.0 Å². The first-order chi connectivity index (χ1) is 9.66. The Bertz CT molecular complexity index is 779. The normalized spacial score (nSPS) is 10.8. The summed E-state index contributed by atoms with van der Waals surface area (Å²) in [6.07, 6.45) is 3.42. The number of fused-ring (bicyclic) bond motifs is 1. The fourth-order valence-corrected chi connectivity index (χ4v) is 2.38. The van der Waals surface area contributed by atoms with E-state index in [1.807, 2.05) is 43.5 Å². The van der Waals surface area contributed by atoms with Crippen molar-refractivity contribution in [1.82, 2.24) is 14.8 Å². The monoisotopic (exact) mass is 267 g/mol. The van der Waals surface area contributed by atoms with Crippen molar-refractivity contribution in [2.75, 3.05) is 0 Å². The molecule has 0 aliphatic carbocycles. The van der Waals surface area contributed by atoms with Gasteiger partial charge >= 0.3 is 5.97 Å². The zero-order valence-corrected chi connectivity index (χ0v) is 10.9. The highest BCUT2D eigenvalue weighted by atomic mass is 16.4. The van der Waals surface area contributed by atoms with Gasteiger partial charge in [0.25, 0.3) is 0 Å². The molecule has 0 saturated carbocycles. The van der Waals surface area contributed by atoms with Crippen LogP contribution in [0.5, 0.6) is 0 Å². The summed E-state index contributed by atoms with van der Waals surface area (Å²) in [6.45, 7) is 1.83. The molecule has 0 saturated heterocycles. The second-order valence-corrected chi connectivity index (χ2v) is 4.56. The van der Waals surface area contributed by atoms with Crippen LogP contribution < -0.4 is 0 Å². The van der Waals surface area contributed by atoms with E-state index < -0.39 is 5.97 Å². The fourth-order valence-electron chi connectivity index (χ4n) is 2.38. The summed E-state index contributed by atoms with van der Waals surface area (Å²) in [5.41, 5.74) is 3.04. The van der Waals surface area contributed by atoms with Gasteiger partial charge in [-0.15, -0.1) is 0 Å². The maximum absolute atomic E-state index is 11.1. The van der Waals surface area contributed by atoms with E-state index in [0.717, 1.165) is 22.3 Å². The molecule has 0 amide bonds. The van der Waals surface area contributed by atoms with E-state index in [9.17, 15) is 4.79 Å². The number of rotatable bonds is 3. The highest BCUT2D eigenvalue weighted by Gasteiger charge is 2.16. The number of aryl methyl sites for hydroxylation is 1. The minimum Gasteiger partial charge on any atom is -0.481 e. The molecule has 2 heterocycles. The first kappa shape index (κ1) is 12.3. The van der Waals surface area contributed by atoms with Gasteiger partial charge in [-0.1, -0.05) is 18.2 Å². The highest BCUT2D eigenvalue weighted by Crippen LogP contribution is 2.27. The Morgan fingerprint density at radius 1 is 1.30 bits per heavy atom. The van der Waals surface area contributed by atoms with Gasteiger partial charge in [0.2, 0.25) is 0 Å². The number of benzene rings is 1. The van der Waals surface area contributed by atoms with Crippen molar-refractivity contribution in [3.63, 3.8) is 0 Å². The number of carboxylic acid groups (broad SMARTS) is 1.